The third kappa shape index (κ3) is 4.62. The highest BCUT2D eigenvalue weighted by atomic mass is 35.5. The van der Waals surface area contributed by atoms with E-state index < -0.39 is 0 Å². The normalized spacial score (nSPS) is 15.1. The molecule has 6 nitrogen and oxygen atoms in total. The van der Waals surface area contributed by atoms with Crippen LogP contribution < -0.4 is 10.2 Å². The molecule has 0 spiro atoms. The molecule has 0 bridgehead atoms. The number of H-pyrrole nitrogens is 1. The Bertz CT molecular complexity index is 1420. The molecule has 2 heterocycles. The van der Waals surface area contributed by atoms with Crippen LogP contribution in [0.4, 0.5) is 11.4 Å². The lowest BCUT2D eigenvalue weighted by molar-refractivity contribution is -0.117. The van der Waals surface area contributed by atoms with Crippen molar-refractivity contribution in [3.8, 4) is 5.88 Å². The van der Waals surface area contributed by atoms with Crippen molar-refractivity contribution in [1.82, 2.24) is 10.3 Å². The number of anilines is 1. The Morgan fingerprint density at radius 2 is 1.89 bits per heavy atom. The first kappa shape index (κ1) is 24.1. The van der Waals surface area contributed by atoms with Crippen LogP contribution >= 0.6 is 11.6 Å². The number of rotatable bonds is 7. The van der Waals surface area contributed by atoms with Crippen molar-refractivity contribution in [3.05, 3.63) is 88.4 Å². The van der Waals surface area contributed by atoms with Crippen LogP contribution in [0.1, 0.15) is 48.9 Å². The highest BCUT2D eigenvalue weighted by molar-refractivity contribution is 6.31. The topological polar surface area (TPSA) is 80.7 Å². The summed E-state index contributed by atoms with van der Waals surface area (Å²) in [6, 6.07) is 21.7. The minimum absolute atomic E-state index is 0.0302. The molecule has 36 heavy (non-hydrogen) atoms. The van der Waals surface area contributed by atoms with Gasteiger partial charge in [-0.3, -0.25) is 4.79 Å². The summed E-state index contributed by atoms with van der Waals surface area (Å²) in [7, 11) is 1.96. The minimum atomic E-state index is 0.0302. The highest BCUT2D eigenvalue weighted by Crippen LogP contribution is 2.34. The fourth-order valence-corrected chi connectivity index (χ4v) is 5.07. The molecule has 0 aliphatic carbocycles. The van der Waals surface area contributed by atoms with Gasteiger partial charge in [-0.15, -0.1) is 0 Å². The Morgan fingerprint density at radius 1 is 1.14 bits per heavy atom. The van der Waals surface area contributed by atoms with Crippen LogP contribution in [-0.2, 0) is 4.79 Å². The molecule has 1 unspecified atom stereocenters. The van der Waals surface area contributed by atoms with E-state index in [4.69, 9.17) is 16.6 Å². The van der Waals surface area contributed by atoms with Gasteiger partial charge >= 0.3 is 0 Å². The number of fused-ring (bicyclic) bond motifs is 1. The lowest BCUT2D eigenvalue weighted by atomic mass is 10.00. The van der Waals surface area contributed by atoms with Gasteiger partial charge in [-0.1, -0.05) is 48.9 Å². The van der Waals surface area contributed by atoms with Gasteiger partial charge in [0, 0.05) is 40.7 Å². The number of aliphatic imine (C=N–C) groups is 1. The summed E-state index contributed by atoms with van der Waals surface area (Å²) in [6.07, 6.45) is 2.45. The van der Waals surface area contributed by atoms with E-state index in [9.17, 15) is 9.90 Å². The maximum Gasteiger partial charge on any atom is 0.227 e. The monoisotopic (exact) mass is 500 g/mol. The Balaban J connectivity index is 1.61. The van der Waals surface area contributed by atoms with E-state index in [1.165, 1.54) is 5.56 Å². The molecule has 1 aliphatic heterocycles. The summed E-state index contributed by atoms with van der Waals surface area (Å²) in [6.45, 7) is 2.89. The molecule has 1 atom stereocenters. The van der Waals surface area contributed by atoms with Crippen molar-refractivity contribution in [2.45, 2.75) is 32.2 Å². The first-order valence-electron chi connectivity index (χ1n) is 12.3. The van der Waals surface area contributed by atoms with Crippen molar-refractivity contribution < 1.29 is 9.90 Å². The van der Waals surface area contributed by atoms with E-state index in [2.05, 4.69) is 29.4 Å². The van der Waals surface area contributed by atoms with Crippen LogP contribution in [0.3, 0.4) is 0 Å². The highest BCUT2D eigenvalue weighted by Gasteiger charge is 2.23. The lowest BCUT2D eigenvalue weighted by Gasteiger charge is -2.16. The summed E-state index contributed by atoms with van der Waals surface area (Å²) in [5.74, 6) is 0.178. The molecular weight excluding hydrogens is 472 g/mol. The van der Waals surface area contributed by atoms with Crippen LogP contribution in [0.25, 0.3) is 10.9 Å². The smallest absolute Gasteiger partial charge is 0.227 e. The molecule has 0 radical (unpaired) electrons. The number of benzene rings is 3. The van der Waals surface area contributed by atoms with Crippen molar-refractivity contribution in [3.63, 3.8) is 0 Å². The van der Waals surface area contributed by atoms with E-state index >= 15 is 0 Å². The molecule has 1 amide bonds. The summed E-state index contributed by atoms with van der Waals surface area (Å²) in [4.78, 5) is 22.1. The molecule has 3 aromatic carbocycles. The van der Waals surface area contributed by atoms with Gasteiger partial charge in [0.25, 0.3) is 0 Å². The second-order valence-electron chi connectivity index (χ2n) is 9.04. The molecule has 5 rings (SSSR count). The van der Waals surface area contributed by atoms with E-state index in [1.54, 1.807) is 12.1 Å². The van der Waals surface area contributed by atoms with Crippen molar-refractivity contribution in [2.24, 2.45) is 4.99 Å². The van der Waals surface area contributed by atoms with E-state index in [0.717, 1.165) is 47.2 Å². The van der Waals surface area contributed by atoms with Crippen molar-refractivity contribution >= 4 is 45.5 Å². The Morgan fingerprint density at radius 3 is 2.53 bits per heavy atom. The van der Waals surface area contributed by atoms with Crippen LogP contribution in [0.5, 0.6) is 5.88 Å². The van der Waals surface area contributed by atoms with Crippen molar-refractivity contribution in [2.75, 3.05) is 18.5 Å². The average Bonchev–Trinajstić information content (AvgIpc) is 3.46. The van der Waals surface area contributed by atoms with E-state index in [0.29, 0.717) is 22.7 Å². The average molecular weight is 501 g/mol. The number of aromatic nitrogens is 1. The number of carbonyl (C=O) groups excluding carboxylic acids is 1. The molecular formula is C29H29ClN4O2. The molecule has 7 heteroatoms. The maximum atomic E-state index is 12.2. The first-order valence-corrected chi connectivity index (χ1v) is 12.6. The molecule has 184 valence electrons. The van der Waals surface area contributed by atoms with Gasteiger partial charge in [-0.2, -0.15) is 0 Å². The third-order valence-corrected chi connectivity index (χ3v) is 7.03. The van der Waals surface area contributed by atoms with Gasteiger partial charge in [0.15, 0.2) is 5.88 Å². The van der Waals surface area contributed by atoms with Crippen LogP contribution in [-0.4, -0.2) is 35.3 Å². The number of nitrogens with one attached hydrogen (secondary N) is 2. The second kappa shape index (κ2) is 10.2. The number of nitrogens with zero attached hydrogens (tertiary/aromatic N) is 2. The van der Waals surface area contributed by atoms with Gasteiger partial charge in [-0.05, 0) is 61.9 Å². The molecule has 1 aliphatic rings. The molecule has 0 saturated carbocycles. The van der Waals surface area contributed by atoms with Gasteiger partial charge < -0.3 is 20.3 Å². The zero-order chi connectivity index (χ0) is 25.2. The van der Waals surface area contributed by atoms with Crippen LogP contribution in [0.2, 0.25) is 5.02 Å². The van der Waals surface area contributed by atoms with Crippen LogP contribution in [0.15, 0.2) is 71.7 Å². The molecule has 1 saturated heterocycles. The predicted octanol–water partition coefficient (Wildman–Crippen LogP) is 6.49. The van der Waals surface area contributed by atoms with E-state index in [-0.39, 0.29) is 17.8 Å². The van der Waals surface area contributed by atoms with E-state index in [1.807, 2.05) is 54.4 Å². The molecule has 3 N–H and O–H groups in total. The summed E-state index contributed by atoms with van der Waals surface area (Å²) >= 11 is 6.19. The first-order chi connectivity index (χ1) is 17.5. The second-order valence-corrected chi connectivity index (χ2v) is 9.47. The summed E-state index contributed by atoms with van der Waals surface area (Å²) in [5.41, 5.74) is 5.66. The number of carbonyl (C=O) groups is 1. The zero-order valence-corrected chi connectivity index (χ0v) is 21.1. The number of aromatic amines is 1. The fourth-order valence-electron chi connectivity index (χ4n) is 4.90. The maximum absolute atomic E-state index is 12.2. The zero-order valence-electron chi connectivity index (χ0n) is 20.4. The van der Waals surface area contributed by atoms with Gasteiger partial charge in [0.2, 0.25) is 5.91 Å². The Labute approximate surface area is 215 Å². The number of aromatic hydroxyl groups is 1. The fraction of sp³-hybridized carbons (Fsp3) is 0.241. The molecule has 1 fully saturated rings. The number of hydrogen-bond donors (Lipinski definition) is 3. The lowest BCUT2D eigenvalue weighted by Crippen LogP contribution is -2.23. The van der Waals surface area contributed by atoms with Crippen molar-refractivity contribution in [1.29, 1.82) is 0 Å². The molecule has 1 aromatic heterocycles. The summed E-state index contributed by atoms with van der Waals surface area (Å²) in [5, 5.41) is 15.7. The van der Waals surface area contributed by atoms with Gasteiger partial charge in [-0.25, -0.2) is 4.99 Å². The van der Waals surface area contributed by atoms with Gasteiger partial charge in [0.1, 0.15) is 0 Å². The summed E-state index contributed by atoms with van der Waals surface area (Å²) < 4.78 is 0. The predicted molar refractivity (Wildman–Crippen MR) is 147 cm³/mol. The molecule has 4 aromatic rings. The quantitative estimate of drug-likeness (QED) is 0.253. The Kier molecular flexibility index (Phi) is 6.81. The number of halogens is 1. The Hall–Kier alpha value is -3.61. The SMILES string of the molecule is CCC(NC)c1ccc(N=C(c2ccc(N3CCCC3=O)cc2)c2c(O)[nH]c3cc(Cl)ccc23)cc1. The number of hydrogen-bond acceptors (Lipinski definition) is 4. The minimum Gasteiger partial charge on any atom is -0.494 e. The standard InChI is InChI=1S/C29H29ClN4O2/c1-3-24(31-2)18-6-11-21(12-7-18)32-28(27-23-15-10-20(30)17-25(23)33-29(27)36)19-8-13-22(14-9-19)34-16-4-5-26(34)35/h6-15,17,24,31,33,36H,3-5,16H2,1-2H3. The third-order valence-electron chi connectivity index (χ3n) is 6.80. The van der Waals surface area contributed by atoms with Gasteiger partial charge in [0.05, 0.1) is 22.5 Å². The van der Waals surface area contributed by atoms with Crippen LogP contribution in [0, 0.1) is 0 Å². The number of amides is 1. The largest absolute Gasteiger partial charge is 0.494 e.